The Hall–Kier alpha value is -4.06. The lowest BCUT2D eigenvalue weighted by Gasteiger charge is -2.18. The van der Waals surface area contributed by atoms with Gasteiger partial charge in [-0.3, -0.25) is 19.1 Å². The van der Waals surface area contributed by atoms with Gasteiger partial charge in [-0.25, -0.2) is 4.39 Å². The lowest BCUT2D eigenvalue weighted by atomic mass is 10.2. The van der Waals surface area contributed by atoms with Crippen molar-refractivity contribution in [2.24, 2.45) is 0 Å². The van der Waals surface area contributed by atoms with Gasteiger partial charge in [0, 0.05) is 24.7 Å². The van der Waals surface area contributed by atoms with Crippen molar-refractivity contribution in [3.8, 4) is 28.8 Å². The number of halogens is 1. The highest BCUT2D eigenvalue weighted by atomic mass is 32.2. The Morgan fingerprint density at radius 3 is 2.58 bits per heavy atom. The van der Waals surface area contributed by atoms with E-state index in [1.807, 2.05) is 25.1 Å². The van der Waals surface area contributed by atoms with E-state index in [2.05, 4.69) is 25.2 Å². The van der Waals surface area contributed by atoms with Gasteiger partial charge in [0.2, 0.25) is 17.7 Å². The van der Waals surface area contributed by atoms with Gasteiger partial charge in [0.15, 0.2) is 5.76 Å². The van der Waals surface area contributed by atoms with Gasteiger partial charge in [-0.15, -0.1) is 10.2 Å². The van der Waals surface area contributed by atoms with Gasteiger partial charge in [0.05, 0.1) is 38.1 Å². The number of para-hydroxylation sites is 1. The second-order valence-corrected chi connectivity index (χ2v) is 8.98. The third-order valence-electron chi connectivity index (χ3n) is 5.11. The van der Waals surface area contributed by atoms with Crippen LogP contribution in [-0.4, -0.2) is 45.1 Å². The Bertz CT molecular complexity index is 1320. The number of carbonyl (C=O) groups is 1. The molecule has 0 saturated heterocycles. The SMILES string of the molecule is COc1cccc(OC)c1-n1c(NSC(C)Cc2ncc(F)cc2NC(C)=O)nnc1-c1ccco1. The highest BCUT2D eigenvalue weighted by molar-refractivity contribution is 8.01. The fourth-order valence-corrected chi connectivity index (χ4v) is 4.25. The van der Waals surface area contributed by atoms with Crippen molar-refractivity contribution in [1.82, 2.24) is 19.7 Å². The maximum absolute atomic E-state index is 13.7. The van der Waals surface area contributed by atoms with Crippen LogP contribution < -0.4 is 19.5 Å². The molecule has 0 radical (unpaired) electrons. The number of anilines is 2. The minimum Gasteiger partial charge on any atom is -0.494 e. The van der Waals surface area contributed by atoms with Crippen molar-refractivity contribution < 1.29 is 23.1 Å². The smallest absolute Gasteiger partial charge is 0.239 e. The van der Waals surface area contributed by atoms with Gasteiger partial charge in [-0.1, -0.05) is 13.0 Å². The van der Waals surface area contributed by atoms with E-state index in [1.54, 1.807) is 37.2 Å². The van der Waals surface area contributed by atoms with Crippen LogP contribution in [0.4, 0.5) is 16.0 Å². The number of ether oxygens (including phenoxy) is 2. The molecule has 0 aliphatic rings. The van der Waals surface area contributed by atoms with E-state index in [9.17, 15) is 9.18 Å². The van der Waals surface area contributed by atoms with Crippen LogP contribution in [0.2, 0.25) is 0 Å². The summed E-state index contributed by atoms with van der Waals surface area (Å²) in [6.07, 6.45) is 3.14. The molecule has 0 bridgehead atoms. The molecule has 2 N–H and O–H groups in total. The topological polar surface area (TPSA) is 116 Å². The number of carbonyl (C=O) groups excluding carboxylic acids is 1. The summed E-state index contributed by atoms with van der Waals surface area (Å²) >= 11 is 1.37. The summed E-state index contributed by atoms with van der Waals surface area (Å²) in [5, 5.41) is 11.3. The second kappa shape index (κ2) is 11.1. The molecule has 10 nitrogen and oxygen atoms in total. The molecule has 0 aliphatic carbocycles. The van der Waals surface area contributed by atoms with E-state index >= 15 is 0 Å². The first-order chi connectivity index (χ1) is 17.4. The van der Waals surface area contributed by atoms with Crippen LogP contribution in [0.5, 0.6) is 11.5 Å². The molecule has 188 valence electrons. The van der Waals surface area contributed by atoms with E-state index in [0.29, 0.717) is 52.5 Å². The molecule has 3 heterocycles. The van der Waals surface area contributed by atoms with Crippen LogP contribution in [0, 0.1) is 5.82 Å². The summed E-state index contributed by atoms with van der Waals surface area (Å²) in [5.41, 5.74) is 1.51. The minimum atomic E-state index is -0.523. The molecule has 0 spiro atoms. The number of nitrogens with one attached hydrogen (secondary N) is 2. The fourth-order valence-electron chi connectivity index (χ4n) is 3.57. The summed E-state index contributed by atoms with van der Waals surface area (Å²) in [5.74, 6) is 1.66. The van der Waals surface area contributed by atoms with Crippen LogP contribution in [0.15, 0.2) is 53.3 Å². The molecular formula is C24H25FN6O4S. The molecule has 4 rings (SSSR count). The second-order valence-electron chi connectivity index (χ2n) is 7.73. The van der Waals surface area contributed by atoms with E-state index < -0.39 is 5.82 Å². The van der Waals surface area contributed by atoms with E-state index in [0.717, 1.165) is 6.20 Å². The molecule has 1 aromatic carbocycles. The average Bonchev–Trinajstić information content (AvgIpc) is 3.53. The molecule has 0 saturated carbocycles. The van der Waals surface area contributed by atoms with Crippen LogP contribution >= 0.6 is 11.9 Å². The first kappa shape index (κ1) is 25.0. The van der Waals surface area contributed by atoms with Crippen LogP contribution in [0.3, 0.4) is 0 Å². The molecule has 0 aliphatic heterocycles. The van der Waals surface area contributed by atoms with Crippen molar-refractivity contribution in [1.29, 1.82) is 0 Å². The molecule has 1 atom stereocenters. The zero-order chi connectivity index (χ0) is 25.7. The van der Waals surface area contributed by atoms with Gasteiger partial charge in [0.1, 0.15) is 23.0 Å². The predicted octanol–water partition coefficient (Wildman–Crippen LogP) is 4.73. The standard InChI is InChI=1S/C24H25FN6O4S/c1-14(11-17-18(27-15(2)32)12-16(25)13-26-17)36-30-24-29-28-23(21-9-6-10-35-21)31(24)22-19(33-3)7-5-8-20(22)34-4/h5-10,12-14H,11H2,1-4H3,(H,27,32)(H,29,30). The quantitative estimate of drug-likeness (QED) is 0.291. The number of hydrogen-bond acceptors (Lipinski definition) is 9. The number of rotatable bonds is 10. The predicted molar refractivity (Wildman–Crippen MR) is 135 cm³/mol. The summed E-state index contributed by atoms with van der Waals surface area (Å²) in [4.78, 5) is 15.7. The Kier molecular flexibility index (Phi) is 7.74. The van der Waals surface area contributed by atoms with Crippen molar-refractivity contribution in [2.75, 3.05) is 24.3 Å². The number of furan rings is 1. The van der Waals surface area contributed by atoms with E-state index in [4.69, 9.17) is 13.9 Å². The molecule has 3 aromatic heterocycles. The molecule has 1 amide bonds. The third kappa shape index (κ3) is 5.43. The molecule has 4 aromatic rings. The molecule has 36 heavy (non-hydrogen) atoms. The molecule has 1 unspecified atom stereocenters. The maximum Gasteiger partial charge on any atom is 0.239 e. The maximum atomic E-state index is 13.7. The van der Waals surface area contributed by atoms with Gasteiger partial charge in [-0.05, 0) is 36.2 Å². The average molecular weight is 513 g/mol. The van der Waals surface area contributed by atoms with Crippen LogP contribution in [-0.2, 0) is 11.2 Å². The minimum absolute atomic E-state index is 0.0488. The lowest BCUT2D eigenvalue weighted by Crippen LogP contribution is -2.14. The van der Waals surface area contributed by atoms with Crippen LogP contribution in [0.1, 0.15) is 19.5 Å². The Balaban J connectivity index is 1.63. The summed E-state index contributed by atoms with van der Waals surface area (Å²) < 4.78 is 35.5. The Morgan fingerprint density at radius 2 is 1.94 bits per heavy atom. The fraction of sp³-hybridized carbons (Fsp3) is 0.250. The molecule has 12 heteroatoms. The first-order valence-electron chi connectivity index (χ1n) is 11.0. The number of amides is 1. The Labute approximate surface area is 211 Å². The summed E-state index contributed by atoms with van der Waals surface area (Å²) in [6, 6.07) is 10.3. The van der Waals surface area contributed by atoms with Crippen molar-refractivity contribution in [3.63, 3.8) is 0 Å². The van der Waals surface area contributed by atoms with Gasteiger partial charge < -0.3 is 19.2 Å². The molecular weight excluding hydrogens is 487 g/mol. The monoisotopic (exact) mass is 512 g/mol. The summed E-state index contributed by atoms with van der Waals surface area (Å²) in [6.45, 7) is 3.34. The zero-order valence-electron chi connectivity index (χ0n) is 20.1. The highest BCUT2D eigenvalue weighted by Gasteiger charge is 2.24. The van der Waals surface area contributed by atoms with Gasteiger partial charge in [-0.2, -0.15) is 0 Å². The number of pyridine rings is 1. The summed E-state index contributed by atoms with van der Waals surface area (Å²) in [7, 11) is 3.14. The normalized spacial score (nSPS) is 11.7. The third-order valence-corrected chi connectivity index (χ3v) is 5.98. The van der Waals surface area contributed by atoms with Gasteiger partial charge >= 0.3 is 0 Å². The van der Waals surface area contributed by atoms with Crippen molar-refractivity contribution >= 4 is 29.5 Å². The number of methoxy groups -OCH3 is 2. The lowest BCUT2D eigenvalue weighted by molar-refractivity contribution is -0.114. The zero-order valence-corrected chi connectivity index (χ0v) is 20.9. The number of hydrogen-bond donors (Lipinski definition) is 2. The Morgan fingerprint density at radius 1 is 1.19 bits per heavy atom. The van der Waals surface area contributed by atoms with E-state index in [-0.39, 0.29) is 11.2 Å². The van der Waals surface area contributed by atoms with Crippen molar-refractivity contribution in [3.05, 3.63) is 60.4 Å². The number of aromatic nitrogens is 4. The van der Waals surface area contributed by atoms with Gasteiger partial charge in [0.25, 0.3) is 0 Å². The molecule has 0 fully saturated rings. The number of nitrogens with zero attached hydrogens (tertiary/aromatic N) is 4. The first-order valence-corrected chi connectivity index (χ1v) is 11.8. The largest absolute Gasteiger partial charge is 0.494 e. The van der Waals surface area contributed by atoms with Crippen LogP contribution in [0.25, 0.3) is 17.3 Å². The van der Waals surface area contributed by atoms with Crippen molar-refractivity contribution in [2.45, 2.75) is 25.5 Å². The highest BCUT2D eigenvalue weighted by Crippen LogP contribution is 2.38. The number of benzene rings is 1. The van der Waals surface area contributed by atoms with E-state index in [1.165, 1.54) is 24.9 Å².